The summed E-state index contributed by atoms with van der Waals surface area (Å²) in [5, 5.41) is 2.63. The third-order valence-corrected chi connectivity index (χ3v) is 20.8. The van der Waals surface area contributed by atoms with Crippen molar-refractivity contribution in [3.05, 3.63) is 190 Å². The molecule has 13 rings (SSSR count). The average Bonchev–Trinajstić information content (AvgIpc) is 2.72. The summed E-state index contributed by atoms with van der Waals surface area (Å²) in [6, 6.07) is 58.2. The number of hydrogen-bond acceptors (Lipinski definition) is 4. The number of aryl methyl sites for hydroxylation is 1. The smallest absolute Gasteiger partial charge is 0.252 e. The maximum Gasteiger partial charge on any atom is 0.252 e. The first-order valence-corrected chi connectivity index (χ1v) is 30.9. The van der Waals surface area contributed by atoms with E-state index in [0.717, 1.165) is 36.3 Å². The van der Waals surface area contributed by atoms with Crippen LogP contribution in [0, 0.1) is 6.92 Å². The summed E-state index contributed by atoms with van der Waals surface area (Å²) in [4.78, 5) is 7.93. The van der Waals surface area contributed by atoms with E-state index in [0.29, 0.717) is 0 Å². The van der Waals surface area contributed by atoms with Gasteiger partial charge < -0.3 is 14.7 Å². The van der Waals surface area contributed by atoms with Crippen molar-refractivity contribution < 1.29 is 0 Å². The van der Waals surface area contributed by atoms with E-state index >= 15 is 0 Å². The molecule has 9 aromatic rings. The Kier molecular flexibility index (Phi) is 11.8. The molecule has 2 aliphatic carbocycles. The fraction of sp³-hybridized carbons (Fsp3) is 0.368. The van der Waals surface area contributed by atoms with Crippen molar-refractivity contribution in [3.63, 3.8) is 0 Å². The van der Waals surface area contributed by atoms with Gasteiger partial charge in [-0.05, 0) is 204 Å². The van der Waals surface area contributed by atoms with Crippen LogP contribution in [-0.2, 0) is 37.9 Å². The van der Waals surface area contributed by atoms with Gasteiger partial charge in [0.2, 0.25) is 0 Å². The lowest BCUT2D eigenvalue weighted by atomic mass is 9.33. The molecule has 0 radical (unpaired) electrons. The van der Waals surface area contributed by atoms with Crippen LogP contribution in [0.15, 0.2) is 146 Å². The molecule has 0 unspecified atom stereocenters. The van der Waals surface area contributed by atoms with Crippen molar-refractivity contribution in [1.29, 1.82) is 0 Å². The van der Waals surface area contributed by atoms with Gasteiger partial charge in [0.1, 0.15) is 0 Å². The van der Waals surface area contributed by atoms with Crippen LogP contribution in [0.2, 0.25) is 0 Å². The summed E-state index contributed by atoms with van der Waals surface area (Å²) in [5.74, 6) is 0. The van der Waals surface area contributed by atoms with Crippen LogP contribution in [0.3, 0.4) is 0 Å². The van der Waals surface area contributed by atoms with Gasteiger partial charge in [-0.3, -0.25) is 0 Å². The fourth-order valence-electron chi connectivity index (χ4n) is 15.0. The molecule has 0 amide bonds. The maximum absolute atomic E-state index is 2.76. The lowest BCUT2D eigenvalue weighted by Crippen LogP contribution is -2.62. The van der Waals surface area contributed by atoms with Crippen LogP contribution in [0.25, 0.3) is 20.2 Å². The molecule has 0 atom stereocenters. The Hall–Kier alpha value is -6.56. The van der Waals surface area contributed by atoms with Crippen molar-refractivity contribution in [1.82, 2.24) is 0 Å². The van der Waals surface area contributed by atoms with Crippen molar-refractivity contribution in [2.75, 3.05) is 14.7 Å². The molecular formula is C76H84BN3S. The molecule has 3 heterocycles. The van der Waals surface area contributed by atoms with Crippen LogP contribution < -0.4 is 31.1 Å². The molecule has 0 saturated carbocycles. The second-order valence-corrected chi connectivity index (χ2v) is 31.7. The number of nitrogens with zero attached hydrogens (tertiary/aromatic N) is 3. The quantitative estimate of drug-likeness (QED) is 0.159. The largest absolute Gasteiger partial charge is 0.311 e. The van der Waals surface area contributed by atoms with E-state index in [1.807, 2.05) is 11.3 Å². The zero-order chi connectivity index (χ0) is 57.5. The van der Waals surface area contributed by atoms with E-state index in [9.17, 15) is 0 Å². The van der Waals surface area contributed by atoms with Gasteiger partial charge in [0.05, 0.1) is 0 Å². The van der Waals surface area contributed by atoms with Gasteiger partial charge in [-0.15, -0.1) is 11.3 Å². The molecule has 4 aliphatic rings. The Morgan fingerprint density at radius 1 is 0.420 bits per heavy atom. The van der Waals surface area contributed by atoms with Gasteiger partial charge in [-0.25, -0.2) is 0 Å². The number of benzene rings is 8. The maximum atomic E-state index is 2.76. The zero-order valence-corrected chi connectivity index (χ0v) is 52.6. The molecule has 8 aromatic carbocycles. The van der Waals surface area contributed by atoms with Crippen molar-refractivity contribution >= 4 is 106 Å². The van der Waals surface area contributed by atoms with E-state index in [4.69, 9.17) is 0 Å². The molecule has 2 aliphatic heterocycles. The highest BCUT2D eigenvalue weighted by Gasteiger charge is 2.49. The Morgan fingerprint density at radius 2 is 0.914 bits per heavy atom. The van der Waals surface area contributed by atoms with Crippen LogP contribution in [-0.4, -0.2) is 6.71 Å². The van der Waals surface area contributed by atoms with E-state index in [-0.39, 0.29) is 44.6 Å². The molecule has 0 bridgehead atoms. The van der Waals surface area contributed by atoms with Gasteiger partial charge in [0.25, 0.3) is 6.71 Å². The topological polar surface area (TPSA) is 9.72 Å². The van der Waals surface area contributed by atoms with Gasteiger partial charge in [0, 0.05) is 71.4 Å². The average molecular weight is 1080 g/mol. The molecule has 0 fully saturated rings. The van der Waals surface area contributed by atoms with Crippen molar-refractivity contribution in [2.45, 2.75) is 182 Å². The Balaban J connectivity index is 1.14. The summed E-state index contributed by atoms with van der Waals surface area (Å²) < 4.78 is 2.62. The second kappa shape index (κ2) is 17.7. The fourth-order valence-corrected chi connectivity index (χ4v) is 16.2. The first-order valence-electron chi connectivity index (χ1n) is 30.1. The van der Waals surface area contributed by atoms with E-state index in [2.05, 4.69) is 285 Å². The number of hydrogen-bond donors (Lipinski definition) is 0. The monoisotopic (exact) mass is 1080 g/mol. The Labute approximate surface area is 489 Å². The van der Waals surface area contributed by atoms with Gasteiger partial charge in [-0.2, -0.15) is 0 Å². The third-order valence-electron chi connectivity index (χ3n) is 19.7. The van der Waals surface area contributed by atoms with Crippen molar-refractivity contribution in [3.8, 4) is 0 Å². The molecule has 0 spiro atoms. The van der Waals surface area contributed by atoms with Gasteiger partial charge in [0.15, 0.2) is 0 Å². The summed E-state index contributed by atoms with van der Waals surface area (Å²) in [7, 11) is 0. The second-order valence-electron chi connectivity index (χ2n) is 30.6. The summed E-state index contributed by atoms with van der Waals surface area (Å²) >= 11 is 1.91. The van der Waals surface area contributed by atoms with Gasteiger partial charge in [-0.1, -0.05) is 184 Å². The molecule has 81 heavy (non-hydrogen) atoms. The highest BCUT2D eigenvalue weighted by atomic mass is 32.1. The minimum Gasteiger partial charge on any atom is -0.311 e. The molecule has 0 saturated heterocycles. The summed E-state index contributed by atoms with van der Waals surface area (Å²) in [6.07, 6.45) is 3.44. The lowest BCUT2D eigenvalue weighted by Gasteiger charge is -2.48. The third kappa shape index (κ3) is 8.55. The van der Waals surface area contributed by atoms with Crippen LogP contribution in [0.4, 0.5) is 51.2 Å². The highest BCUT2D eigenvalue weighted by Crippen LogP contribution is 2.56. The normalized spacial score (nSPS) is 17.4. The van der Waals surface area contributed by atoms with Crippen molar-refractivity contribution in [2.24, 2.45) is 0 Å². The molecule has 3 nitrogen and oxygen atoms in total. The van der Waals surface area contributed by atoms with E-state index in [1.54, 1.807) is 0 Å². The highest BCUT2D eigenvalue weighted by molar-refractivity contribution is 7.25. The summed E-state index contributed by atoms with van der Waals surface area (Å²) in [5.41, 5.74) is 26.5. The molecular weight excluding hydrogens is 998 g/mol. The number of rotatable bonds is 5. The first kappa shape index (κ1) is 53.7. The molecule has 1 aromatic heterocycles. The minimum atomic E-state index is -0.160. The number of anilines is 9. The Morgan fingerprint density at radius 3 is 1.51 bits per heavy atom. The van der Waals surface area contributed by atoms with Crippen LogP contribution in [0.5, 0.6) is 0 Å². The van der Waals surface area contributed by atoms with Crippen LogP contribution in [0.1, 0.15) is 181 Å². The molecule has 5 heteroatoms. The summed E-state index contributed by atoms with van der Waals surface area (Å²) in [6.45, 7) is 43.3. The molecule has 412 valence electrons. The van der Waals surface area contributed by atoms with Crippen LogP contribution >= 0.6 is 11.3 Å². The zero-order valence-electron chi connectivity index (χ0n) is 51.8. The molecule has 0 N–H and O–H groups in total. The standard InChI is InChI=1S/C76H84BN3S/c1-46-37-56-59(76(17,18)45-75(56,15)16)43-62(46)80-64-44-58-57(73(11,12)35-36-74(58,13)14)42-61(64)77-60-34-32-52(78(50-27-23-47(24-28-50)70(2,3)4)51-29-25-48(26-30-51)71(5,6)7)40-63(60)79(65-38-49(72(8,9)10)39-66(80)69(65)77)53-31-33-55-54-21-19-20-22-67(54)81-68(55)41-53/h19-34,37-44H,35-36,45H2,1-18H3. The Bertz CT molecular complexity index is 3990. The predicted octanol–water partition coefficient (Wildman–Crippen LogP) is 20.1. The first-order chi connectivity index (χ1) is 37.9. The van der Waals surface area contributed by atoms with E-state index < -0.39 is 0 Å². The predicted molar refractivity (Wildman–Crippen MR) is 355 cm³/mol. The number of thiophene rings is 1. The lowest BCUT2D eigenvalue weighted by molar-refractivity contribution is 0.332. The van der Waals surface area contributed by atoms with E-state index in [1.165, 1.54) is 115 Å². The number of fused-ring (bicyclic) bond motifs is 9. The minimum absolute atomic E-state index is 0.0155. The van der Waals surface area contributed by atoms with Gasteiger partial charge >= 0.3 is 0 Å². The SMILES string of the molecule is Cc1cc2c(cc1N1c3cc4c(cc3B3c5ccc(N(c6ccc(C(C)(C)C)cc6)c6ccc(C(C)(C)C)cc6)cc5N(c5ccc6c(c5)sc5ccccc56)c5cc(C(C)(C)C)cc1c53)C(C)(C)CCC4(C)C)C(C)(C)CC2(C)C.